The number of benzene rings is 2. The first kappa shape index (κ1) is 19.6. The Hall–Kier alpha value is -3.12. The van der Waals surface area contributed by atoms with Gasteiger partial charge in [-0.2, -0.15) is 0 Å². The zero-order valence-corrected chi connectivity index (χ0v) is 19.1. The molecular formula is C26H22BrN3O2. The molecule has 0 aliphatic heterocycles. The average molecular weight is 488 g/mol. The molecule has 5 aromatic rings. The summed E-state index contributed by atoms with van der Waals surface area (Å²) < 4.78 is 4.45. The molecule has 0 amide bonds. The van der Waals surface area contributed by atoms with Gasteiger partial charge in [0.25, 0.3) is 11.1 Å². The number of nitrogens with one attached hydrogen (secondary N) is 1. The fourth-order valence-corrected chi connectivity index (χ4v) is 5.68. The number of H-pyrrole nitrogens is 1. The normalized spacial score (nSPS) is 15.2. The lowest BCUT2D eigenvalue weighted by Crippen LogP contribution is -2.32. The van der Waals surface area contributed by atoms with Gasteiger partial charge in [0.15, 0.2) is 0 Å². The molecule has 3 heterocycles. The third-order valence-electron chi connectivity index (χ3n) is 6.76. The van der Waals surface area contributed by atoms with Crippen LogP contribution in [0.2, 0.25) is 0 Å². The van der Waals surface area contributed by atoms with Crippen molar-refractivity contribution in [3.63, 3.8) is 0 Å². The van der Waals surface area contributed by atoms with Gasteiger partial charge >= 0.3 is 0 Å². The number of nitrogens with zero attached hydrogens (tertiary/aromatic N) is 2. The topological polar surface area (TPSA) is 59.3 Å². The molecule has 1 saturated carbocycles. The fourth-order valence-electron chi connectivity index (χ4n) is 5.33. The second-order valence-electron chi connectivity index (χ2n) is 8.60. The number of aromatic amines is 1. The van der Waals surface area contributed by atoms with Crippen molar-refractivity contribution >= 4 is 43.4 Å². The molecule has 32 heavy (non-hydrogen) atoms. The smallest absolute Gasteiger partial charge is 0.277 e. The van der Waals surface area contributed by atoms with Crippen molar-refractivity contribution in [1.29, 1.82) is 0 Å². The molecule has 1 aliphatic carbocycles. The predicted molar refractivity (Wildman–Crippen MR) is 133 cm³/mol. The number of fused-ring (bicyclic) bond motifs is 5. The number of hydrogen-bond donors (Lipinski definition) is 1. The van der Waals surface area contributed by atoms with Crippen LogP contribution in [0.1, 0.15) is 38.1 Å². The zero-order chi connectivity index (χ0) is 21.8. The van der Waals surface area contributed by atoms with E-state index in [4.69, 9.17) is 0 Å². The van der Waals surface area contributed by atoms with Crippen molar-refractivity contribution in [2.24, 2.45) is 0 Å². The first-order valence-corrected chi connectivity index (χ1v) is 11.9. The molecule has 5 nitrogen and oxygen atoms in total. The maximum absolute atomic E-state index is 14.0. The highest BCUT2D eigenvalue weighted by Gasteiger charge is 2.25. The van der Waals surface area contributed by atoms with E-state index in [1.165, 1.54) is 6.42 Å². The average Bonchev–Trinajstić information content (AvgIpc) is 3.29. The van der Waals surface area contributed by atoms with Crippen LogP contribution in [-0.2, 0) is 0 Å². The van der Waals surface area contributed by atoms with Gasteiger partial charge in [0.05, 0.1) is 22.1 Å². The molecule has 1 aliphatic rings. The van der Waals surface area contributed by atoms with Crippen LogP contribution < -0.4 is 11.1 Å². The SMILES string of the molecule is O=c1c2c3[nH]ccc3c(-c3ccccc3)c(=O)n2c2ccc(Br)cc2n1C1CCCCC1. The summed E-state index contributed by atoms with van der Waals surface area (Å²) in [6.07, 6.45) is 7.23. The minimum absolute atomic E-state index is 0.105. The zero-order valence-electron chi connectivity index (χ0n) is 17.5. The highest BCUT2D eigenvalue weighted by molar-refractivity contribution is 9.10. The second-order valence-corrected chi connectivity index (χ2v) is 9.51. The lowest BCUT2D eigenvalue weighted by Gasteiger charge is -2.26. The minimum atomic E-state index is -0.168. The molecule has 1 N–H and O–H groups in total. The molecule has 1 fully saturated rings. The summed E-state index contributed by atoms with van der Waals surface area (Å²) in [4.78, 5) is 31.3. The molecule has 6 heteroatoms. The van der Waals surface area contributed by atoms with Gasteiger partial charge < -0.3 is 9.55 Å². The van der Waals surface area contributed by atoms with Crippen molar-refractivity contribution in [3.8, 4) is 11.1 Å². The maximum atomic E-state index is 14.0. The van der Waals surface area contributed by atoms with Crippen molar-refractivity contribution in [2.45, 2.75) is 38.1 Å². The first-order valence-electron chi connectivity index (χ1n) is 11.1. The molecule has 0 atom stereocenters. The van der Waals surface area contributed by atoms with E-state index in [1.807, 2.05) is 65.4 Å². The van der Waals surface area contributed by atoms with E-state index in [0.29, 0.717) is 16.6 Å². The molecule has 6 rings (SSSR count). The first-order chi connectivity index (χ1) is 15.6. The van der Waals surface area contributed by atoms with Crippen LogP contribution in [0.4, 0.5) is 0 Å². The molecule has 0 radical (unpaired) electrons. The monoisotopic (exact) mass is 487 g/mol. The maximum Gasteiger partial charge on any atom is 0.277 e. The Balaban J connectivity index is 1.85. The Bertz CT molecular complexity index is 1610. The van der Waals surface area contributed by atoms with E-state index in [-0.39, 0.29) is 17.2 Å². The van der Waals surface area contributed by atoms with Crippen LogP contribution in [0.25, 0.3) is 38.6 Å². The third kappa shape index (κ3) is 2.82. The predicted octanol–water partition coefficient (Wildman–Crippen LogP) is 6.03. The van der Waals surface area contributed by atoms with Crippen LogP contribution in [0.5, 0.6) is 0 Å². The Labute approximate surface area is 192 Å². The Morgan fingerprint density at radius 1 is 0.875 bits per heavy atom. The minimum Gasteiger partial charge on any atom is -0.359 e. The van der Waals surface area contributed by atoms with Crippen molar-refractivity contribution in [1.82, 2.24) is 14.0 Å². The van der Waals surface area contributed by atoms with E-state index in [1.54, 1.807) is 4.40 Å². The van der Waals surface area contributed by atoms with Gasteiger partial charge in [0, 0.05) is 22.1 Å². The van der Waals surface area contributed by atoms with E-state index < -0.39 is 0 Å². The summed E-state index contributed by atoms with van der Waals surface area (Å²) in [6, 6.07) is 17.6. The molecule has 160 valence electrons. The number of rotatable bonds is 2. The summed E-state index contributed by atoms with van der Waals surface area (Å²) in [7, 11) is 0. The summed E-state index contributed by atoms with van der Waals surface area (Å²) in [5.41, 5.74) is 3.88. The van der Waals surface area contributed by atoms with Crippen LogP contribution >= 0.6 is 15.9 Å². The summed E-state index contributed by atoms with van der Waals surface area (Å²) in [6.45, 7) is 0. The molecular weight excluding hydrogens is 466 g/mol. The molecule has 3 aromatic heterocycles. The van der Waals surface area contributed by atoms with Gasteiger partial charge in [-0.05, 0) is 42.7 Å². The lowest BCUT2D eigenvalue weighted by molar-refractivity contribution is 0.354. The van der Waals surface area contributed by atoms with Gasteiger partial charge in [0.1, 0.15) is 5.52 Å². The Morgan fingerprint density at radius 2 is 1.66 bits per heavy atom. The largest absolute Gasteiger partial charge is 0.359 e. The van der Waals surface area contributed by atoms with Crippen molar-refractivity contribution in [2.75, 3.05) is 0 Å². The van der Waals surface area contributed by atoms with Crippen LogP contribution in [-0.4, -0.2) is 14.0 Å². The second kappa shape index (κ2) is 7.48. The highest BCUT2D eigenvalue weighted by atomic mass is 79.9. The molecule has 2 aromatic carbocycles. The van der Waals surface area contributed by atoms with Gasteiger partial charge in [-0.15, -0.1) is 0 Å². The third-order valence-corrected chi connectivity index (χ3v) is 7.25. The quantitative estimate of drug-likeness (QED) is 0.309. The number of halogens is 1. The Kier molecular flexibility index (Phi) is 4.57. The number of aromatic nitrogens is 3. The molecule has 0 saturated heterocycles. The summed E-state index contributed by atoms with van der Waals surface area (Å²) in [5, 5.41) is 0.782. The van der Waals surface area contributed by atoms with Crippen LogP contribution in [0.15, 0.2) is 74.9 Å². The lowest BCUT2D eigenvalue weighted by atomic mass is 9.95. The molecule has 0 unspecified atom stereocenters. The van der Waals surface area contributed by atoms with Crippen molar-refractivity contribution < 1.29 is 0 Å². The fraction of sp³-hybridized carbons (Fsp3) is 0.231. The Morgan fingerprint density at radius 3 is 2.44 bits per heavy atom. The van der Waals surface area contributed by atoms with E-state index in [9.17, 15) is 9.59 Å². The van der Waals surface area contributed by atoms with Gasteiger partial charge in [-0.1, -0.05) is 65.5 Å². The van der Waals surface area contributed by atoms with Gasteiger partial charge in [0.2, 0.25) is 0 Å². The van der Waals surface area contributed by atoms with Crippen molar-refractivity contribution in [3.05, 3.63) is 86.0 Å². The van der Waals surface area contributed by atoms with Crippen LogP contribution in [0.3, 0.4) is 0 Å². The molecule has 0 spiro atoms. The number of hydrogen-bond acceptors (Lipinski definition) is 2. The number of pyridine rings is 1. The van der Waals surface area contributed by atoms with E-state index >= 15 is 0 Å². The van der Waals surface area contributed by atoms with Crippen LogP contribution in [0, 0.1) is 0 Å². The molecule has 0 bridgehead atoms. The summed E-state index contributed by atoms with van der Waals surface area (Å²) in [5.74, 6) is 0. The summed E-state index contributed by atoms with van der Waals surface area (Å²) >= 11 is 3.57. The van der Waals surface area contributed by atoms with Gasteiger partial charge in [-0.25, -0.2) is 0 Å². The van der Waals surface area contributed by atoms with Gasteiger partial charge in [-0.3, -0.25) is 14.0 Å². The van der Waals surface area contributed by atoms with E-state index in [2.05, 4.69) is 20.9 Å². The highest BCUT2D eigenvalue weighted by Crippen LogP contribution is 2.33. The standard InChI is InChI=1S/C26H22BrN3O2/c27-17-11-12-20-21(15-17)29(18-9-5-2-6-10-18)26(32)24-23-19(13-14-28-23)22(25(31)30(20)24)16-7-3-1-4-8-16/h1,3-4,7-8,11-15,18,28H,2,5-6,9-10H2. The van der Waals surface area contributed by atoms with E-state index in [0.717, 1.165) is 52.1 Å².